The first-order valence-electron chi connectivity index (χ1n) is 7.32. The minimum Gasteiger partial charge on any atom is -0.395 e. The third-order valence-electron chi connectivity index (χ3n) is 3.50. The second-order valence-electron chi connectivity index (χ2n) is 5.60. The zero-order valence-corrected chi connectivity index (χ0v) is 13.3. The molecule has 0 bridgehead atoms. The van der Waals surface area contributed by atoms with Crippen LogP contribution in [0.25, 0.3) is 0 Å². The number of aliphatic hydroxyl groups is 1. The van der Waals surface area contributed by atoms with Gasteiger partial charge in [-0.3, -0.25) is 9.48 Å². The molecule has 0 aliphatic rings. The molecule has 0 atom stereocenters. The number of carbonyl (C=O) groups is 1. The van der Waals surface area contributed by atoms with E-state index in [1.54, 1.807) is 4.90 Å². The highest BCUT2D eigenvalue weighted by Gasteiger charge is 2.18. The second-order valence-corrected chi connectivity index (χ2v) is 5.60. The van der Waals surface area contributed by atoms with Crippen molar-refractivity contribution in [2.75, 3.05) is 19.7 Å². The number of hydrogen-bond donors (Lipinski definition) is 1. The van der Waals surface area contributed by atoms with Gasteiger partial charge >= 0.3 is 0 Å². The van der Waals surface area contributed by atoms with Gasteiger partial charge < -0.3 is 10.0 Å². The molecule has 1 aromatic rings. The van der Waals surface area contributed by atoms with Gasteiger partial charge in [-0.1, -0.05) is 13.8 Å². The van der Waals surface area contributed by atoms with E-state index >= 15 is 0 Å². The van der Waals surface area contributed by atoms with E-state index in [-0.39, 0.29) is 12.5 Å². The lowest BCUT2D eigenvalue weighted by Crippen LogP contribution is -2.34. The largest absolute Gasteiger partial charge is 0.395 e. The van der Waals surface area contributed by atoms with Gasteiger partial charge in [0.05, 0.1) is 18.7 Å². The van der Waals surface area contributed by atoms with E-state index in [1.807, 2.05) is 25.5 Å². The number of amides is 1. The third kappa shape index (κ3) is 4.07. The summed E-state index contributed by atoms with van der Waals surface area (Å²) < 4.78 is 1.99. The van der Waals surface area contributed by atoms with E-state index < -0.39 is 0 Å². The maximum absolute atomic E-state index is 12.2. The van der Waals surface area contributed by atoms with Gasteiger partial charge in [-0.2, -0.15) is 5.10 Å². The smallest absolute Gasteiger partial charge is 0.227 e. The fraction of sp³-hybridized carbons (Fsp3) is 0.733. The second kappa shape index (κ2) is 7.43. The molecular weight excluding hydrogens is 254 g/mol. The summed E-state index contributed by atoms with van der Waals surface area (Å²) in [6.07, 6.45) is 0.365. The van der Waals surface area contributed by atoms with E-state index in [2.05, 4.69) is 18.9 Å². The van der Waals surface area contributed by atoms with Crippen molar-refractivity contribution in [2.24, 2.45) is 5.92 Å². The first-order valence-corrected chi connectivity index (χ1v) is 7.32. The lowest BCUT2D eigenvalue weighted by molar-refractivity contribution is -0.130. The predicted octanol–water partition coefficient (Wildman–Crippen LogP) is 1.54. The average Bonchev–Trinajstić information content (AvgIpc) is 2.62. The molecule has 5 heteroatoms. The molecule has 0 saturated heterocycles. The highest BCUT2D eigenvalue weighted by atomic mass is 16.3. The summed E-state index contributed by atoms with van der Waals surface area (Å²) in [6.45, 7) is 12.1. The highest BCUT2D eigenvalue weighted by Crippen LogP contribution is 2.16. The molecule has 0 aliphatic heterocycles. The maximum Gasteiger partial charge on any atom is 0.227 e. The van der Waals surface area contributed by atoms with Crippen molar-refractivity contribution in [3.05, 3.63) is 17.0 Å². The number of hydrogen-bond acceptors (Lipinski definition) is 3. The van der Waals surface area contributed by atoms with Gasteiger partial charge in [0.1, 0.15) is 0 Å². The lowest BCUT2D eigenvalue weighted by Gasteiger charge is -2.19. The van der Waals surface area contributed by atoms with Crippen LogP contribution in [0.1, 0.15) is 37.7 Å². The molecule has 0 radical (unpaired) electrons. The van der Waals surface area contributed by atoms with Crippen LogP contribution in [0, 0.1) is 19.8 Å². The standard InChI is InChI=1S/C15H27N3O2/c1-6-17(7-8-19)15(20)9-14-12(4)16-18(13(14)5)10-11(2)3/h11,19H,6-10H2,1-5H3. The molecule has 0 spiro atoms. The first-order chi connectivity index (χ1) is 9.40. The molecule has 0 aromatic carbocycles. The van der Waals surface area contributed by atoms with Gasteiger partial charge in [-0.05, 0) is 26.7 Å². The number of aromatic nitrogens is 2. The zero-order chi connectivity index (χ0) is 15.3. The van der Waals surface area contributed by atoms with Crippen molar-refractivity contribution in [3.63, 3.8) is 0 Å². The summed E-state index contributed by atoms with van der Waals surface area (Å²) in [5.74, 6) is 0.579. The van der Waals surface area contributed by atoms with Crippen molar-refractivity contribution in [3.8, 4) is 0 Å². The molecule has 0 fully saturated rings. The topological polar surface area (TPSA) is 58.4 Å². The molecule has 114 valence electrons. The van der Waals surface area contributed by atoms with Gasteiger partial charge in [0.2, 0.25) is 5.91 Å². The summed E-state index contributed by atoms with van der Waals surface area (Å²) in [5.41, 5.74) is 3.02. The Morgan fingerprint density at radius 2 is 2.05 bits per heavy atom. The van der Waals surface area contributed by atoms with Crippen molar-refractivity contribution in [1.29, 1.82) is 0 Å². The molecule has 5 nitrogen and oxygen atoms in total. The predicted molar refractivity (Wildman–Crippen MR) is 79.6 cm³/mol. The number of aliphatic hydroxyl groups excluding tert-OH is 1. The van der Waals surface area contributed by atoms with Crippen molar-refractivity contribution in [1.82, 2.24) is 14.7 Å². The van der Waals surface area contributed by atoms with E-state index in [1.165, 1.54) is 0 Å². The monoisotopic (exact) mass is 281 g/mol. The maximum atomic E-state index is 12.2. The third-order valence-corrected chi connectivity index (χ3v) is 3.50. The number of nitrogens with zero attached hydrogens (tertiary/aromatic N) is 3. The Morgan fingerprint density at radius 3 is 2.55 bits per heavy atom. The van der Waals surface area contributed by atoms with E-state index in [4.69, 9.17) is 5.11 Å². The van der Waals surface area contributed by atoms with Crippen LogP contribution in [0.5, 0.6) is 0 Å². The number of rotatable bonds is 7. The summed E-state index contributed by atoms with van der Waals surface area (Å²) >= 11 is 0. The van der Waals surface area contributed by atoms with Crippen molar-refractivity contribution in [2.45, 2.75) is 47.6 Å². The Kier molecular flexibility index (Phi) is 6.20. The lowest BCUT2D eigenvalue weighted by atomic mass is 10.1. The zero-order valence-electron chi connectivity index (χ0n) is 13.3. The number of aryl methyl sites for hydroxylation is 1. The van der Waals surface area contributed by atoms with Crippen LogP contribution in [0.2, 0.25) is 0 Å². The summed E-state index contributed by atoms with van der Waals surface area (Å²) in [4.78, 5) is 13.9. The molecular formula is C15H27N3O2. The molecule has 1 heterocycles. The quantitative estimate of drug-likeness (QED) is 0.825. The summed E-state index contributed by atoms with van der Waals surface area (Å²) in [5, 5.41) is 13.5. The molecule has 20 heavy (non-hydrogen) atoms. The molecule has 0 aliphatic carbocycles. The van der Waals surface area contributed by atoms with Gasteiger partial charge in [-0.25, -0.2) is 0 Å². The van der Waals surface area contributed by atoms with Crippen molar-refractivity contribution < 1.29 is 9.90 Å². The fourth-order valence-electron chi connectivity index (χ4n) is 2.36. The Hall–Kier alpha value is -1.36. The van der Waals surface area contributed by atoms with Gasteiger partial charge in [0, 0.05) is 30.9 Å². The molecule has 1 rings (SSSR count). The SMILES string of the molecule is CCN(CCO)C(=O)Cc1c(C)nn(CC(C)C)c1C. The molecule has 0 unspecified atom stereocenters. The van der Waals surface area contributed by atoms with Crippen molar-refractivity contribution >= 4 is 5.91 Å². The summed E-state index contributed by atoms with van der Waals surface area (Å²) in [7, 11) is 0. The van der Waals surface area contributed by atoms with Crippen LogP contribution in [-0.2, 0) is 17.8 Å². The van der Waals surface area contributed by atoms with Gasteiger partial charge in [0.25, 0.3) is 0 Å². The van der Waals surface area contributed by atoms with E-state index in [9.17, 15) is 4.79 Å². The van der Waals surface area contributed by atoms with Crippen LogP contribution in [0.15, 0.2) is 0 Å². The van der Waals surface area contributed by atoms with E-state index in [0.29, 0.717) is 25.4 Å². The van der Waals surface area contributed by atoms with Crippen LogP contribution in [0.4, 0.5) is 0 Å². The average molecular weight is 281 g/mol. The van der Waals surface area contributed by atoms with Gasteiger partial charge in [-0.15, -0.1) is 0 Å². The Bertz CT molecular complexity index is 452. The minimum absolute atomic E-state index is 0.00412. The van der Waals surface area contributed by atoms with Crippen LogP contribution >= 0.6 is 0 Å². The highest BCUT2D eigenvalue weighted by molar-refractivity contribution is 5.79. The minimum atomic E-state index is 0.00412. The summed E-state index contributed by atoms with van der Waals surface area (Å²) in [6, 6.07) is 0. The molecule has 1 N–H and O–H groups in total. The van der Waals surface area contributed by atoms with Crippen LogP contribution in [-0.4, -0.2) is 45.4 Å². The fourth-order valence-corrected chi connectivity index (χ4v) is 2.36. The normalized spacial score (nSPS) is 11.2. The Labute approximate surface area is 121 Å². The Morgan fingerprint density at radius 1 is 1.40 bits per heavy atom. The Balaban J connectivity index is 2.86. The number of likely N-dealkylation sites (N-methyl/N-ethyl adjacent to an activating group) is 1. The van der Waals surface area contributed by atoms with Crippen LogP contribution in [0.3, 0.4) is 0 Å². The first kappa shape index (κ1) is 16.7. The van der Waals surface area contributed by atoms with Crippen LogP contribution < -0.4 is 0 Å². The molecule has 0 saturated carbocycles. The van der Waals surface area contributed by atoms with Gasteiger partial charge in [0.15, 0.2) is 0 Å². The number of carbonyl (C=O) groups excluding carboxylic acids is 1. The van der Waals surface area contributed by atoms with E-state index in [0.717, 1.165) is 23.5 Å². The molecule has 1 aromatic heterocycles. The molecule has 1 amide bonds.